The number of ketones is 1. The van der Waals surface area contributed by atoms with Gasteiger partial charge >= 0.3 is 0 Å². The van der Waals surface area contributed by atoms with Crippen LogP contribution in [0.4, 0.5) is 0 Å². The van der Waals surface area contributed by atoms with Crippen molar-refractivity contribution in [3.63, 3.8) is 0 Å². The SMILES string of the molecule is CC(C)CN(CC(=O)CCCNC(C)C)S(C)(=O)=O. The van der Waals surface area contributed by atoms with Gasteiger partial charge in [-0.2, -0.15) is 4.31 Å². The average Bonchev–Trinajstić information content (AvgIpc) is 2.21. The molecule has 0 bridgehead atoms. The molecular formula is C13H28N2O3S. The third-order valence-corrected chi connectivity index (χ3v) is 3.79. The van der Waals surface area contributed by atoms with Crippen LogP contribution in [0.3, 0.4) is 0 Å². The van der Waals surface area contributed by atoms with Crippen molar-refractivity contribution in [2.45, 2.75) is 46.6 Å². The predicted molar refractivity (Wildman–Crippen MR) is 78.6 cm³/mol. The Kier molecular flexibility index (Phi) is 8.45. The fraction of sp³-hybridized carbons (Fsp3) is 0.923. The Bertz CT molecular complexity index is 364. The highest BCUT2D eigenvalue weighted by Gasteiger charge is 2.20. The summed E-state index contributed by atoms with van der Waals surface area (Å²) in [6, 6.07) is 0.406. The molecule has 1 N–H and O–H groups in total. The largest absolute Gasteiger partial charge is 0.315 e. The minimum atomic E-state index is -3.30. The lowest BCUT2D eigenvalue weighted by atomic mass is 10.2. The Balaban J connectivity index is 4.18. The lowest BCUT2D eigenvalue weighted by Gasteiger charge is -2.21. The van der Waals surface area contributed by atoms with Gasteiger partial charge in [-0.1, -0.05) is 27.7 Å². The van der Waals surface area contributed by atoms with Gasteiger partial charge in [-0.05, 0) is 18.9 Å². The molecule has 114 valence electrons. The summed E-state index contributed by atoms with van der Waals surface area (Å²) in [5.74, 6) is 0.196. The molecule has 0 atom stereocenters. The fourth-order valence-corrected chi connectivity index (χ4v) is 2.62. The molecule has 0 saturated heterocycles. The molecule has 0 unspecified atom stereocenters. The molecule has 0 aromatic carbocycles. The van der Waals surface area contributed by atoms with Gasteiger partial charge in [0.25, 0.3) is 0 Å². The average molecular weight is 292 g/mol. The molecule has 0 rings (SSSR count). The third-order valence-electron chi connectivity index (χ3n) is 2.58. The summed E-state index contributed by atoms with van der Waals surface area (Å²) < 4.78 is 24.4. The van der Waals surface area contributed by atoms with Crippen LogP contribution in [0.25, 0.3) is 0 Å². The zero-order valence-electron chi connectivity index (χ0n) is 12.8. The summed E-state index contributed by atoms with van der Waals surface area (Å²) in [6.45, 7) is 9.16. The highest BCUT2D eigenvalue weighted by molar-refractivity contribution is 7.88. The number of hydrogen-bond donors (Lipinski definition) is 1. The molecule has 0 radical (unpaired) electrons. The van der Waals surface area contributed by atoms with Gasteiger partial charge in [0.15, 0.2) is 0 Å². The van der Waals surface area contributed by atoms with Crippen LogP contribution in [-0.4, -0.2) is 50.4 Å². The Morgan fingerprint density at radius 3 is 2.21 bits per heavy atom. The second kappa shape index (κ2) is 8.66. The number of Topliss-reactive ketones (excluding diaryl/α,β-unsaturated/α-hetero) is 1. The van der Waals surface area contributed by atoms with Crippen molar-refractivity contribution in [1.82, 2.24) is 9.62 Å². The first-order valence-corrected chi connectivity index (χ1v) is 8.68. The number of hydrogen-bond acceptors (Lipinski definition) is 4. The van der Waals surface area contributed by atoms with Gasteiger partial charge in [0.1, 0.15) is 5.78 Å². The minimum Gasteiger partial charge on any atom is -0.315 e. The number of sulfonamides is 1. The van der Waals surface area contributed by atoms with Crippen molar-refractivity contribution in [2.24, 2.45) is 5.92 Å². The van der Waals surface area contributed by atoms with Crippen LogP contribution in [0.1, 0.15) is 40.5 Å². The number of rotatable bonds is 10. The molecule has 0 amide bonds. The van der Waals surface area contributed by atoms with Crippen LogP contribution in [0.5, 0.6) is 0 Å². The molecule has 0 aliphatic heterocycles. The first-order chi connectivity index (χ1) is 8.62. The molecule has 0 fully saturated rings. The van der Waals surface area contributed by atoms with E-state index in [1.54, 1.807) is 0 Å². The van der Waals surface area contributed by atoms with Crippen molar-refractivity contribution >= 4 is 15.8 Å². The molecule has 0 heterocycles. The quantitative estimate of drug-likeness (QED) is 0.615. The van der Waals surface area contributed by atoms with Crippen LogP contribution in [0.15, 0.2) is 0 Å². The van der Waals surface area contributed by atoms with Gasteiger partial charge < -0.3 is 5.32 Å². The van der Waals surface area contributed by atoms with E-state index in [4.69, 9.17) is 0 Å². The van der Waals surface area contributed by atoms with Gasteiger partial charge in [-0.25, -0.2) is 8.42 Å². The standard InChI is InChI=1S/C13H28N2O3S/c1-11(2)9-15(19(5,17)18)10-13(16)7-6-8-14-12(3)4/h11-12,14H,6-10H2,1-5H3. The molecule has 0 aliphatic rings. The Morgan fingerprint density at radius 2 is 1.79 bits per heavy atom. The van der Waals surface area contributed by atoms with Crippen LogP contribution in [0, 0.1) is 5.92 Å². The molecule has 5 nitrogen and oxygen atoms in total. The first-order valence-electron chi connectivity index (χ1n) is 6.83. The Hall–Kier alpha value is -0.460. The molecule has 19 heavy (non-hydrogen) atoms. The van der Waals surface area contributed by atoms with Crippen molar-refractivity contribution in [3.8, 4) is 0 Å². The predicted octanol–water partition coefficient (Wildman–Crippen LogP) is 1.25. The van der Waals surface area contributed by atoms with E-state index in [1.807, 2.05) is 13.8 Å². The van der Waals surface area contributed by atoms with E-state index in [0.717, 1.165) is 19.2 Å². The maximum Gasteiger partial charge on any atom is 0.211 e. The Labute approximate surface area is 117 Å². The lowest BCUT2D eigenvalue weighted by molar-refractivity contribution is -0.119. The van der Waals surface area contributed by atoms with Crippen LogP contribution in [-0.2, 0) is 14.8 Å². The summed E-state index contributed by atoms with van der Waals surface area (Å²) in [5, 5.41) is 3.23. The second-order valence-electron chi connectivity index (χ2n) is 5.70. The number of nitrogens with zero attached hydrogens (tertiary/aromatic N) is 1. The first kappa shape index (κ1) is 18.5. The second-order valence-corrected chi connectivity index (χ2v) is 7.68. The van der Waals surface area contributed by atoms with Crippen LogP contribution < -0.4 is 5.32 Å². The minimum absolute atomic E-state index is 0.00130. The number of carbonyl (C=O) groups is 1. The number of nitrogens with one attached hydrogen (secondary N) is 1. The molecular weight excluding hydrogens is 264 g/mol. The monoisotopic (exact) mass is 292 g/mol. The maximum atomic E-state index is 11.8. The van der Waals surface area contributed by atoms with E-state index in [-0.39, 0.29) is 18.2 Å². The summed E-state index contributed by atoms with van der Waals surface area (Å²) in [7, 11) is -3.30. The molecule has 0 aromatic rings. The fourth-order valence-electron chi connectivity index (χ4n) is 1.68. The number of carbonyl (C=O) groups excluding carboxylic acids is 1. The normalized spacial score (nSPS) is 12.6. The van der Waals surface area contributed by atoms with E-state index < -0.39 is 10.0 Å². The molecule has 0 saturated carbocycles. The Morgan fingerprint density at radius 1 is 1.21 bits per heavy atom. The molecule has 0 aromatic heterocycles. The van der Waals surface area contributed by atoms with Gasteiger partial charge in [0.2, 0.25) is 10.0 Å². The highest BCUT2D eigenvalue weighted by Crippen LogP contribution is 2.05. The maximum absolute atomic E-state index is 11.8. The van der Waals surface area contributed by atoms with Crippen molar-refractivity contribution in [3.05, 3.63) is 0 Å². The highest BCUT2D eigenvalue weighted by atomic mass is 32.2. The van der Waals surface area contributed by atoms with E-state index in [2.05, 4.69) is 19.2 Å². The van der Waals surface area contributed by atoms with Crippen molar-refractivity contribution < 1.29 is 13.2 Å². The van der Waals surface area contributed by atoms with Crippen molar-refractivity contribution in [2.75, 3.05) is 25.9 Å². The van der Waals surface area contributed by atoms with Crippen molar-refractivity contribution in [1.29, 1.82) is 0 Å². The van der Waals surface area contributed by atoms with Gasteiger partial charge in [0, 0.05) is 19.0 Å². The van der Waals surface area contributed by atoms with Crippen LogP contribution >= 0.6 is 0 Å². The summed E-state index contributed by atoms with van der Waals surface area (Å²) in [6.07, 6.45) is 2.32. The summed E-state index contributed by atoms with van der Waals surface area (Å²) >= 11 is 0. The molecule has 0 spiro atoms. The van der Waals surface area contributed by atoms with Crippen LogP contribution in [0.2, 0.25) is 0 Å². The topological polar surface area (TPSA) is 66.5 Å². The van der Waals surface area contributed by atoms with E-state index >= 15 is 0 Å². The summed E-state index contributed by atoms with van der Waals surface area (Å²) in [4.78, 5) is 11.8. The smallest absolute Gasteiger partial charge is 0.211 e. The lowest BCUT2D eigenvalue weighted by Crippen LogP contribution is -2.37. The molecule has 6 heteroatoms. The zero-order valence-corrected chi connectivity index (χ0v) is 13.6. The van der Waals surface area contributed by atoms with Gasteiger partial charge in [-0.15, -0.1) is 0 Å². The van der Waals surface area contributed by atoms with E-state index in [1.165, 1.54) is 4.31 Å². The van der Waals surface area contributed by atoms with E-state index in [9.17, 15) is 13.2 Å². The third kappa shape index (κ3) is 10.0. The van der Waals surface area contributed by atoms with Gasteiger partial charge in [0.05, 0.1) is 12.8 Å². The molecule has 0 aliphatic carbocycles. The zero-order chi connectivity index (χ0) is 15.1. The van der Waals surface area contributed by atoms with E-state index in [0.29, 0.717) is 19.0 Å². The summed E-state index contributed by atoms with van der Waals surface area (Å²) in [5.41, 5.74) is 0. The van der Waals surface area contributed by atoms with Gasteiger partial charge in [-0.3, -0.25) is 4.79 Å².